The lowest BCUT2D eigenvalue weighted by atomic mass is 9.50. The molecule has 2 saturated carbocycles. The topological polar surface area (TPSA) is 31.4 Å². The van der Waals surface area contributed by atoms with Crippen molar-refractivity contribution in [2.45, 2.75) is 92.6 Å². The third-order valence-electron chi connectivity index (χ3n) is 15.7. The van der Waals surface area contributed by atoms with Gasteiger partial charge in [-0.25, -0.2) is 0 Å². The summed E-state index contributed by atoms with van der Waals surface area (Å²) in [7, 11) is 2.04. The molecule has 6 heteroatoms. The molecule has 8 heterocycles. The summed E-state index contributed by atoms with van der Waals surface area (Å²) in [5.41, 5.74) is 9.01. The zero-order valence-electron chi connectivity index (χ0n) is 26.7. The summed E-state index contributed by atoms with van der Waals surface area (Å²) in [4.78, 5) is 11.5. The average molecular weight is 601 g/mol. The molecule has 0 radical (unpaired) electrons. The summed E-state index contributed by atoms with van der Waals surface area (Å²) in [6.45, 7) is 9.15. The van der Waals surface area contributed by atoms with E-state index in [1.807, 2.05) is 7.11 Å². The highest BCUT2D eigenvalue weighted by Crippen LogP contribution is 2.73. The lowest BCUT2D eigenvalue weighted by Gasteiger charge is -2.72. The van der Waals surface area contributed by atoms with Crippen LogP contribution in [0, 0.1) is 17.8 Å². The minimum Gasteiger partial charge on any atom is -0.371 e. The smallest absolute Gasteiger partial charge is 0.165 e. The number of piperidine rings is 2. The summed E-state index contributed by atoms with van der Waals surface area (Å²) in [5, 5.41) is 0. The van der Waals surface area contributed by atoms with Crippen LogP contribution in [0.1, 0.15) is 50.7 Å². The lowest BCUT2D eigenvalue weighted by molar-refractivity contribution is -0.275. The molecule has 6 saturated heterocycles. The fourth-order valence-electron chi connectivity index (χ4n) is 14.6. The molecule has 45 heavy (non-hydrogen) atoms. The van der Waals surface area contributed by atoms with Gasteiger partial charge in [0.25, 0.3) is 0 Å². The van der Waals surface area contributed by atoms with E-state index in [4.69, 9.17) is 9.47 Å². The molecule has 12 atom stereocenters. The molecular formula is C39H44N4O2. The number of anilines is 2. The SMILES string of the molecule is C/C=C1\CN2CC[C@]34c5ccccc5N5[C@H]3[C@@H]([C@H]3O[C@@H]5[C@]5(OC)[C@@H]6N3c3ccccc3[C@@]63CCN6C/C(=C\C)[C@@H]5C[C@H]63)[C@H]1C[C@H]24. The standard InChI is InChI=1S/C39H44N4O2/c1-4-22-20-40-16-14-37-25-10-6-8-12-28(25)42-33(37)32(24(22)18-30(37)40)34-43-29-13-9-7-11-26(29)38-15-17-41-21-23(5-2)27(19-31(38)41)39(44-3,35(38)43)36(42)45-34/h4-13,24,27,30-36H,14-21H2,1-3H3/b22-4+,23-5+/t24-,27-,30-,31-,32-,33-,34+,35+,36+,37+,38+,39+/m0/s1. The molecule has 8 aliphatic heterocycles. The van der Waals surface area contributed by atoms with Gasteiger partial charge < -0.3 is 19.3 Å². The third-order valence-corrected chi connectivity index (χ3v) is 15.7. The van der Waals surface area contributed by atoms with Gasteiger partial charge in [-0.2, -0.15) is 0 Å². The molecule has 2 aromatic carbocycles. The van der Waals surface area contributed by atoms with Gasteiger partial charge in [0.2, 0.25) is 0 Å². The van der Waals surface area contributed by atoms with E-state index in [2.05, 4.69) is 94.1 Å². The average Bonchev–Trinajstić information content (AvgIpc) is 3.84. The molecule has 2 aromatic rings. The van der Waals surface area contributed by atoms with Crippen LogP contribution < -0.4 is 9.80 Å². The number of para-hydroxylation sites is 2. The number of ether oxygens (including phenoxy) is 2. The van der Waals surface area contributed by atoms with Crippen LogP contribution in [0.25, 0.3) is 0 Å². The second kappa shape index (κ2) is 7.90. The van der Waals surface area contributed by atoms with Crippen molar-refractivity contribution in [3.63, 3.8) is 0 Å². The van der Waals surface area contributed by atoms with Crippen LogP contribution in [0.5, 0.6) is 0 Å². The molecule has 12 rings (SSSR count). The van der Waals surface area contributed by atoms with Gasteiger partial charge in [0.05, 0.1) is 12.1 Å². The summed E-state index contributed by atoms with van der Waals surface area (Å²) < 4.78 is 15.2. The molecule has 232 valence electrons. The van der Waals surface area contributed by atoms with Gasteiger partial charge in [-0.05, 0) is 81.8 Å². The zero-order valence-corrected chi connectivity index (χ0v) is 26.7. The Balaban J connectivity index is 1.19. The Hall–Kier alpha value is -2.64. The van der Waals surface area contributed by atoms with Gasteiger partial charge in [0.15, 0.2) is 6.23 Å². The number of allylic oxidation sites excluding steroid dienone is 2. The van der Waals surface area contributed by atoms with Crippen molar-refractivity contribution in [2.75, 3.05) is 43.1 Å². The van der Waals surface area contributed by atoms with Gasteiger partial charge in [-0.3, -0.25) is 9.80 Å². The Kier molecular flexibility index (Phi) is 4.47. The quantitative estimate of drug-likeness (QED) is 0.427. The molecule has 0 N–H and O–H groups in total. The summed E-state index contributed by atoms with van der Waals surface area (Å²) in [6.07, 6.45) is 9.73. The molecular weight excluding hydrogens is 556 g/mol. The van der Waals surface area contributed by atoms with Crippen molar-refractivity contribution in [3.8, 4) is 0 Å². The van der Waals surface area contributed by atoms with Gasteiger partial charge >= 0.3 is 0 Å². The lowest BCUT2D eigenvalue weighted by Crippen LogP contribution is -2.87. The van der Waals surface area contributed by atoms with E-state index >= 15 is 0 Å². The fraction of sp³-hybridized carbons (Fsp3) is 0.590. The Labute approximate surface area is 266 Å². The first-order chi connectivity index (χ1) is 22.1. The fourth-order valence-corrected chi connectivity index (χ4v) is 14.6. The van der Waals surface area contributed by atoms with Gasteiger partial charge in [-0.15, -0.1) is 0 Å². The van der Waals surface area contributed by atoms with E-state index in [9.17, 15) is 0 Å². The second-order valence-corrected chi connectivity index (χ2v) is 16.1. The van der Waals surface area contributed by atoms with Crippen LogP contribution >= 0.6 is 0 Å². The van der Waals surface area contributed by atoms with Gasteiger partial charge in [0, 0.05) is 66.3 Å². The molecule has 8 fully saturated rings. The number of benzene rings is 2. The van der Waals surface area contributed by atoms with Crippen LogP contribution in [-0.2, 0) is 20.3 Å². The maximum Gasteiger partial charge on any atom is 0.165 e. The zero-order chi connectivity index (χ0) is 29.6. The number of nitrogens with zero attached hydrogens (tertiary/aromatic N) is 4. The Morgan fingerprint density at radius 2 is 1.44 bits per heavy atom. The Morgan fingerprint density at radius 3 is 2.18 bits per heavy atom. The predicted molar refractivity (Wildman–Crippen MR) is 174 cm³/mol. The normalized spacial score (nSPS) is 50.6. The van der Waals surface area contributed by atoms with Crippen LogP contribution in [-0.4, -0.2) is 85.3 Å². The second-order valence-electron chi connectivity index (χ2n) is 16.1. The van der Waals surface area contributed by atoms with E-state index in [-0.39, 0.29) is 29.3 Å². The summed E-state index contributed by atoms with van der Waals surface area (Å²) in [6, 6.07) is 20.9. The van der Waals surface area contributed by atoms with Crippen molar-refractivity contribution in [3.05, 3.63) is 83.0 Å². The molecule has 0 amide bonds. The van der Waals surface area contributed by atoms with Crippen LogP contribution in [0.2, 0.25) is 0 Å². The first-order valence-corrected chi connectivity index (χ1v) is 17.9. The predicted octanol–water partition coefficient (Wildman–Crippen LogP) is 5.05. The van der Waals surface area contributed by atoms with Crippen LogP contribution in [0.3, 0.4) is 0 Å². The highest BCUT2D eigenvalue weighted by atomic mass is 16.6. The monoisotopic (exact) mass is 600 g/mol. The van der Waals surface area contributed by atoms with Gasteiger partial charge in [-0.1, -0.05) is 59.7 Å². The number of methoxy groups -OCH3 is 1. The van der Waals surface area contributed by atoms with Crippen molar-refractivity contribution in [1.29, 1.82) is 0 Å². The molecule has 2 aliphatic carbocycles. The van der Waals surface area contributed by atoms with E-state index in [0.29, 0.717) is 35.9 Å². The Bertz CT molecular complexity index is 1740. The number of hydrogen-bond donors (Lipinski definition) is 0. The minimum absolute atomic E-state index is 0.0474. The van der Waals surface area contributed by atoms with Crippen LogP contribution in [0.15, 0.2) is 71.8 Å². The maximum absolute atomic E-state index is 7.85. The largest absolute Gasteiger partial charge is 0.371 e. The molecule has 0 aromatic heterocycles. The number of fused-ring (bicyclic) bond motifs is 14. The van der Waals surface area contributed by atoms with Crippen molar-refractivity contribution < 1.29 is 9.47 Å². The van der Waals surface area contributed by atoms with Crippen molar-refractivity contribution >= 4 is 11.4 Å². The van der Waals surface area contributed by atoms with E-state index in [1.165, 1.54) is 43.7 Å². The highest BCUT2D eigenvalue weighted by Gasteiger charge is 2.82. The maximum atomic E-state index is 7.85. The summed E-state index contributed by atoms with van der Waals surface area (Å²) >= 11 is 0. The first-order valence-electron chi connectivity index (χ1n) is 17.9. The Morgan fingerprint density at radius 1 is 0.800 bits per heavy atom. The van der Waals surface area contributed by atoms with Gasteiger partial charge in [0.1, 0.15) is 11.8 Å². The van der Waals surface area contributed by atoms with Crippen molar-refractivity contribution in [1.82, 2.24) is 9.80 Å². The molecule has 2 spiro atoms. The van der Waals surface area contributed by atoms with E-state index in [0.717, 1.165) is 19.5 Å². The first kappa shape index (κ1) is 25.4. The van der Waals surface area contributed by atoms with Crippen molar-refractivity contribution in [2.24, 2.45) is 17.8 Å². The van der Waals surface area contributed by atoms with Crippen LogP contribution in [0.4, 0.5) is 11.4 Å². The highest BCUT2D eigenvalue weighted by molar-refractivity contribution is 5.74. The third kappa shape index (κ3) is 2.37. The van der Waals surface area contributed by atoms with E-state index in [1.54, 1.807) is 22.3 Å². The molecule has 6 bridgehead atoms. The number of rotatable bonds is 1. The molecule has 6 nitrogen and oxygen atoms in total. The molecule has 10 aliphatic rings. The number of hydrogen-bond acceptors (Lipinski definition) is 6. The summed E-state index contributed by atoms with van der Waals surface area (Å²) in [5.74, 6) is 1.29. The molecule has 0 unspecified atom stereocenters. The van der Waals surface area contributed by atoms with E-state index < -0.39 is 5.60 Å². The minimum atomic E-state index is -0.470.